The summed E-state index contributed by atoms with van der Waals surface area (Å²) in [6.45, 7) is 3.40. The standard InChI is InChI=1S/C20H25ClN2O3/c1-2-16-11-15(24)12-20(26-16)5-7-23(8-6-20)19(25)18-10-13-9-14(21)3-4-17(13)22-18/h3-4,9-10,15-16,22,24H,2,5-8,11-12H2,1H3/t15-,16+/m1/s1. The van der Waals surface area contributed by atoms with Gasteiger partial charge >= 0.3 is 0 Å². The lowest BCUT2D eigenvalue weighted by atomic mass is 9.81. The van der Waals surface area contributed by atoms with Gasteiger partial charge in [-0.25, -0.2) is 0 Å². The van der Waals surface area contributed by atoms with Crippen molar-refractivity contribution >= 4 is 28.4 Å². The summed E-state index contributed by atoms with van der Waals surface area (Å²) in [7, 11) is 0. The number of ether oxygens (including phenoxy) is 1. The van der Waals surface area contributed by atoms with Gasteiger partial charge in [0.25, 0.3) is 5.91 Å². The van der Waals surface area contributed by atoms with Gasteiger partial charge in [0.05, 0.1) is 17.8 Å². The number of carbonyl (C=O) groups is 1. The Hall–Kier alpha value is -1.56. The molecule has 1 aromatic heterocycles. The van der Waals surface area contributed by atoms with Gasteiger partial charge in [-0.05, 0) is 49.9 Å². The molecular formula is C20H25ClN2O3. The zero-order chi connectivity index (χ0) is 18.3. The number of piperidine rings is 1. The summed E-state index contributed by atoms with van der Waals surface area (Å²) in [5.41, 5.74) is 1.23. The lowest BCUT2D eigenvalue weighted by molar-refractivity contribution is -0.179. The maximum absolute atomic E-state index is 12.9. The van der Waals surface area contributed by atoms with Crippen LogP contribution in [0.4, 0.5) is 0 Å². The third-order valence-corrected chi connectivity index (χ3v) is 6.02. The number of hydrogen-bond acceptors (Lipinski definition) is 3. The van der Waals surface area contributed by atoms with E-state index in [9.17, 15) is 9.90 Å². The first-order valence-corrected chi connectivity index (χ1v) is 9.79. The van der Waals surface area contributed by atoms with E-state index in [2.05, 4.69) is 11.9 Å². The second kappa shape index (κ2) is 6.87. The molecule has 4 rings (SSSR count). The summed E-state index contributed by atoms with van der Waals surface area (Å²) >= 11 is 6.03. The van der Waals surface area contributed by atoms with Crippen LogP contribution in [0, 0.1) is 0 Å². The quantitative estimate of drug-likeness (QED) is 0.838. The molecule has 6 heteroatoms. The Morgan fingerprint density at radius 2 is 2.15 bits per heavy atom. The smallest absolute Gasteiger partial charge is 0.270 e. The maximum atomic E-state index is 12.9. The summed E-state index contributed by atoms with van der Waals surface area (Å²) in [5.74, 6) is 0.00979. The number of nitrogens with zero attached hydrogens (tertiary/aromatic N) is 1. The average molecular weight is 377 g/mol. The van der Waals surface area contributed by atoms with E-state index in [4.69, 9.17) is 16.3 Å². The van der Waals surface area contributed by atoms with Crippen molar-refractivity contribution in [3.05, 3.63) is 35.0 Å². The fourth-order valence-corrected chi connectivity index (χ4v) is 4.52. The van der Waals surface area contributed by atoms with Crippen LogP contribution in [0.2, 0.25) is 5.02 Å². The summed E-state index contributed by atoms with van der Waals surface area (Å²) < 4.78 is 6.31. The van der Waals surface area contributed by atoms with Crippen LogP contribution in [0.1, 0.15) is 49.5 Å². The van der Waals surface area contributed by atoms with E-state index in [1.165, 1.54) is 0 Å². The summed E-state index contributed by atoms with van der Waals surface area (Å²) in [5, 5.41) is 11.8. The van der Waals surface area contributed by atoms with Gasteiger partial charge in [0.2, 0.25) is 0 Å². The molecular weight excluding hydrogens is 352 g/mol. The van der Waals surface area contributed by atoms with Crippen LogP contribution in [0.5, 0.6) is 0 Å². The molecule has 2 fully saturated rings. The maximum Gasteiger partial charge on any atom is 0.270 e. The van der Waals surface area contributed by atoms with Crippen LogP contribution in [-0.4, -0.2) is 51.8 Å². The number of H-pyrrole nitrogens is 1. The number of rotatable bonds is 2. The van der Waals surface area contributed by atoms with Crippen molar-refractivity contribution in [1.82, 2.24) is 9.88 Å². The van der Waals surface area contributed by atoms with Gasteiger partial charge in [0.15, 0.2) is 0 Å². The van der Waals surface area contributed by atoms with Crippen molar-refractivity contribution in [2.75, 3.05) is 13.1 Å². The lowest BCUT2D eigenvalue weighted by Gasteiger charge is -2.47. The molecule has 2 N–H and O–H groups in total. The zero-order valence-corrected chi connectivity index (χ0v) is 15.8. The van der Waals surface area contributed by atoms with Crippen LogP contribution >= 0.6 is 11.6 Å². The molecule has 3 heterocycles. The van der Waals surface area contributed by atoms with Gasteiger partial charge in [-0.2, -0.15) is 0 Å². The normalized spacial score (nSPS) is 25.7. The minimum absolute atomic E-state index is 0.00979. The molecule has 0 saturated carbocycles. The first-order chi connectivity index (χ1) is 12.5. The highest BCUT2D eigenvalue weighted by atomic mass is 35.5. The number of benzene rings is 1. The Kier molecular flexibility index (Phi) is 4.71. The van der Waals surface area contributed by atoms with Gasteiger partial charge in [-0.3, -0.25) is 4.79 Å². The van der Waals surface area contributed by atoms with Crippen molar-refractivity contribution in [1.29, 1.82) is 0 Å². The molecule has 0 radical (unpaired) electrons. The zero-order valence-electron chi connectivity index (χ0n) is 15.0. The number of carbonyl (C=O) groups excluding carboxylic acids is 1. The van der Waals surface area contributed by atoms with Crippen LogP contribution in [0.15, 0.2) is 24.3 Å². The Bertz CT molecular complexity index is 810. The first-order valence-electron chi connectivity index (χ1n) is 9.41. The molecule has 0 unspecified atom stereocenters. The Balaban J connectivity index is 1.46. The van der Waals surface area contributed by atoms with E-state index in [0.29, 0.717) is 30.2 Å². The molecule has 0 aliphatic carbocycles. The minimum atomic E-state index is -0.297. The average Bonchev–Trinajstić information content (AvgIpc) is 3.04. The molecule has 1 amide bonds. The van der Waals surface area contributed by atoms with Crippen LogP contribution in [0.3, 0.4) is 0 Å². The van der Waals surface area contributed by atoms with Crippen molar-refractivity contribution in [3.8, 4) is 0 Å². The summed E-state index contributed by atoms with van der Waals surface area (Å²) in [6, 6.07) is 7.43. The highest BCUT2D eigenvalue weighted by Crippen LogP contribution is 2.38. The van der Waals surface area contributed by atoms with Crippen molar-refractivity contribution in [3.63, 3.8) is 0 Å². The van der Waals surface area contributed by atoms with E-state index >= 15 is 0 Å². The molecule has 2 saturated heterocycles. The van der Waals surface area contributed by atoms with Gasteiger partial charge in [0.1, 0.15) is 5.69 Å². The van der Waals surface area contributed by atoms with Gasteiger partial charge < -0.3 is 19.7 Å². The predicted molar refractivity (Wildman–Crippen MR) is 102 cm³/mol. The second-order valence-corrected chi connectivity index (χ2v) is 8.07. The Morgan fingerprint density at radius 3 is 2.88 bits per heavy atom. The van der Waals surface area contributed by atoms with Crippen molar-refractivity contribution in [2.24, 2.45) is 0 Å². The van der Waals surface area contributed by atoms with Gasteiger partial charge in [-0.15, -0.1) is 0 Å². The fraction of sp³-hybridized carbons (Fsp3) is 0.550. The molecule has 5 nitrogen and oxygen atoms in total. The van der Waals surface area contributed by atoms with E-state index in [1.807, 2.05) is 29.2 Å². The first kappa shape index (κ1) is 17.8. The van der Waals surface area contributed by atoms with E-state index in [-0.39, 0.29) is 23.7 Å². The van der Waals surface area contributed by atoms with Crippen LogP contribution in [0.25, 0.3) is 10.9 Å². The lowest BCUT2D eigenvalue weighted by Crippen LogP contribution is -2.53. The summed E-state index contributed by atoms with van der Waals surface area (Å²) in [4.78, 5) is 18.0. The Labute approximate surface area is 158 Å². The monoisotopic (exact) mass is 376 g/mol. The highest BCUT2D eigenvalue weighted by molar-refractivity contribution is 6.31. The molecule has 140 valence electrons. The van der Waals surface area contributed by atoms with Crippen molar-refractivity contribution in [2.45, 2.75) is 56.8 Å². The number of nitrogens with one attached hydrogen (secondary N) is 1. The number of aromatic amines is 1. The van der Waals surface area contributed by atoms with Crippen molar-refractivity contribution < 1.29 is 14.6 Å². The summed E-state index contributed by atoms with van der Waals surface area (Å²) in [6.07, 6.45) is 3.69. The molecule has 2 aliphatic rings. The third-order valence-electron chi connectivity index (χ3n) is 5.79. The molecule has 0 bridgehead atoms. The molecule has 2 aromatic rings. The number of amides is 1. The number of aliphatic hydroxyl groups excluding tert-OH is 1. The van der Waals surface area contributed by atoms with E-state index in [1.54, 1.807) is 0 Å². The van der Waals surface area contributed by atoms with E-state index < -0.39 is 0 Å². The number of aromatic nitrogens is 1. The van der Waals surface area contributed by atoms with Gasteiger partial charge in [-0.1, -0.05) is 18.5 Å². The number of aliphatic hydroxyl groups is 1. The van der Waals surface area contributed by atoms with Gasteiger partial charge in [0, 0.05) is 35.4 Å². The molecule has 2 aliphatic heterocycles. The molecule has 2 atom stereocenters. The number of likely N-dealkylation sites (tertiary alicyclic amines) is 1. The van der Waals surface area contributed by atoms with Crippen LogP contribution < -0.4 is 0 Å². The fourth-order valence-electron chi connectivity index (χ4n) is 4.34. The third kappa shape index (κ3) is 3.36. The minimum Gasteiger partial charge on any atom is -0.393 e. The predicted octanol–water partition coefficient (Wildman–Crippen LogP) is 3.75. The topological polar surface area (TPSA) is 65.6 Å². The Morgan fingerprint density at radius 1 is 1.38 bits per heavy atom. The number of halogens is 1. The molecule has 1 spiro atoms. The number of fused-ring (bicyclic) bond motifs is 1. The van der Waals surface area contributed by atoms with E-state index in [0.717, 1.165) is 36.6 Å². The highest BCUT2D eigenvalue weighted by Gasteiger charge is 2.43. The second-order valence-electron chi connectivity index (χ2n) is 7.63. The number of hydrogen-bond donors (Lipinski definition) is 2. The molecule has 1 aromatic carbocycles. The SMILES string of the molecule is CC[C@H]1C[C@@H](O)CC2(CCN(C(=O)c3cc4cc(Cl)ccc4[nH]3)CC2)O1. The van der Waals surface area contributed by atoms with Crippen LogP contribution in [-0.2, 0) is 4.74 Å². The largest absolute Gasteiger partial charge is 0.393 e. The molecule has 26 heavy (non-hydrogen) atoms.